The number of nitrogens with zero attached hydrogens (tertiary/aromatic N) is 1. The molecule has 22 heavy (non-hydrogen) atoms. The number of hydrogen-bond donors (Lipinski definition) is 1. The van der Waals surface area contributed by atoms with E-state index in [1.54, 1.807) is 19.1 Å². The van der Waals surface area contributed by atoms with Crippen molar-refractivity contribution in [2.75, 3.05) is 33.9 Å². The first kappa shape index (κ1) is 16.5. The van der Waals surface area contributed by atoms with Crippen molar-refractivity contribution in [3.8, 4) is 0 Å². The number of carbonyl (C=O) groups excluding carboxylic acids is 2. The molecule has 1 aliphatic rings. The number of hydrogen-bond acceptors (Lipinski definition) is 3. The van der Waals surface area contributed by atoms with Gasteiger partial charge in [-0.15, -0.1) is 0 Å². The summed E-state index contributed by atoms with van der Waals surface area (Å²) in [6.45, 7) is 3.55. The van der Waals surface area contributed by atoms with Crippen LogP contribution in [0.4, 0.5) is 0 Å². The lowest BCUT2D eigenvalue weighted by Gasteiger charge is -2.17. The predicted octanol–water partition coefficient (Wildman–Crippen LogP) is 1.00. The van der Waals surface area contributed by atoms with E-state index in [9.17, 15) is 9.59 Å². The number of methoxy groups -OCH3 is 1. The first-order chi connectivity index (χ1) is 10.6. The molecule has 0 aromatic heterocycles. The molecule has 0 spiro atoms. The van der Waals surface area contributed by atoms with Crippen LogP contribution in [0.1, 0.15) is 11.1 Å². The molecule has 1 aromatic rings. The van der Waals surface area contributed by atoms with Crippen molar-refractivity contribution < 1.29 is 14.3 Å². The molecule has 1 heterocycles. The van der Waals surface area contributed by atoms with Gasteiger partial charge >= 0.3 is 0 Å². The zero-order chi connectivity index (χ0) is 16.1. The standard InChI is InChI=1S/C17H24N2O3/c1-12-6-4-5-7-13(12)8-16(20)19-9-14(11-22-3)15(10-19)17(21)18-2/h4-7,14-15H,8-11H2,1-3H3,(H,18,21)/t14-,15+/m0/s1. The number of carbonyl (C=O) groups is 2. The lowest BCUT2D eigenvalue weighted by atomic mass is 9.96. The minimum Gasteiger partial charge on any atom is -0.384 e. The minimum atomic E-state index is -0.189. The van der Waals surface area contributed by atoms with Crippen molar-refractivity contribution in [1.82, 2.24) is 10.2 Å². The van der Waals surface area contributed by atoms with Crippen molar-refractivity contribution in [3.63, 3.8) is 0 Å². The van der Waals surface area contributed by atoms with Gasteiger partial charge < -0.3 is 15.0 Å². The molecule has 0 radical (unpaired) electrons. The predicted molar refractivity (Wildman–Crippen MR) is 84.4 cm³/mol. The summed E-state index contributed by atoms with van der Waals surface area (Å²) in [5.74, 6) is -0.0772. The fourth-order valence-electron chi connectivity index (χ4n) is 3.02. The van der Waals surface area contributed by atoms with Crippen molar-refractivity contribution in [2.45, 2.75) is 13.3 Å². The third-order valence-corrected chi connectivity index (χ3v) is 4.36. The van der Waals surface area contributed by atoms with Crippen LogP contribution in [-0.2, 0) is 20.7 Å². The highest BCUT2D eigenvalue weighted by Gasteiger charge is 2.38. The Balaban J connectivity index is 2.05. The SMILES string of the molecule is CNC(=O)[C@@H]1CN(C(=O)Cc2ccccc2C)C[C@H]1COC. The molecule has 1 saturated heterocycles. The maximum Gasteiger partial charge on any atom is 0.227 e. The molecular weight excluding hydrogens is 280 g/mol. The Morgan fingerprint density at radius 3 is 2.68 bits per heavy atom. The highest BCUT2D eigenvalue weighted by Crippen LogP contribution is 2.25. The Bertz CT molecular complexity index is 544. The third kappa shape index (κ3) is 3.65. The molecule has 120 valence electrons. The van der Waals surface area contributed by atoms with Gasteiger partial charge in [0.05, 0.1) is 18.9 Å². The highest BCUT2D eigenvalue weighted by atomic mass is 16.5. The van der Waals surface area contributed by atoms with Gasteiger partial charge in [-0.1, -0.05) is 24.3 Å². The van der Waals surface area contributed by atoms with E-state index in [-0.39, 0.29) is 23.7 Å². The van der Waals surface area contributed by atoms with Gasteiger partial charge in [-0.05, 0) is 18.1 Å². The van der Waals surface area contributed by atoms with Crippen LogP contribution >= 0.6 is 0 Å². The summed E-state index contributed by atoms with van der Waals surface area (Å²) < 4.78 is 5.20. The Morgan fingerprint density at radius 1 is 1.32 bits per heavy atom. The van der Waals surface area contributed by atoms with Crippen LogP contribution in [0.5, 0.6) is 0 Å². The van der Waals surface area contributed by atoms with E-state index in [1.807, 2.05) is 31.2 Å². The molecule has 5 heteroatoms. The summed E-state index contributed by atoms with van der Waals surface area (Å²) in [5.41, 5.74) is 2.16. The van der Waals surface area contributed by atoms with E-state index in [0.717, 1.165) is 11.1 Å². The van der Waals surface area contributed by atoms with Gasteiger partial charge in [-0.25, -0.2) is 0 Å². The normalized spacial score (nSPS) is 21.0. The molecule has 2 atom stereocenters. The van der Waals surface area contributed by atoms with E-state index >= 15 is 0 Å². The van der Waals surface area contributed by atoms with E-state index in [4.69, 9.17) is 4.74 Å². The summed E-state index contributed by atoms with van der Waals surface area (Å²) in [7, 11) is 3.25. The second-order valence-electron chi connectivity index (χ2n) is 5.84. The molecule has 5 nitrogen and oxygen atoms in total. The van der Waals surface area contributed by atoms with Gasteiger partial charge in [0.25, 0.3) is 0 Å². The van der Waals surface area contributed by atoms with E-state index < -0.39 is 0 Å². The minimum absolute atomic E-state index is 0.0201. The number of amides is 2. The summed E-state index contributed by atoms with van der Waals surface area (Å²) in [6.07, 6.45) is 0.382. The number of benzene rings is 1. The number of aryl methyl sites for hydroxylation is 1. The smallest absolute Gasteiger partial charge is 0.227 e. The van der Waals surface area contributed by atoms with Crippen molar-refractivity contribution in [2.24, 2.45) is 11.8 Å². The van der Waals surface area contributed by atoms with Crippen LogP contribution in [0.3, 0.4) is 0 Å². The summed E-state index contributed by atoms with van der Waals surface area (Å²) >= 11 is 0. The Hall–Kier alpha value is -1.88. The van der Waals surface area contributed by atoms with E-state index in [0.29, 0.717) is 26.1 Å². The quantitative estimate of drug-likeness (QED) is 0.883. The lowest BCUT2D eigenvalue weighted by molar-refractivity contribution is -0.130. The third-order valence-electron chi connectivity index (χ3n) is 4.36. The average molecular weight is 304 g/mol. The molecule has 1 aliphatic heterocycles. The second kappa shape index (κ2) is 7.40. The van der Waals surface area contributed by atoms with Gasteiger partial charge in [0.2, 0.25) is 11.8 Å². The van der Waals surface area contributed by atoms with Crippen molar-refractivity contribution in [3.05, 3.63) is 35.4 Å². The van der Waals surface area contributed by atoms with Crippen LogP contribution in [0, 0.1) is 18.8 Å². The molecule has 2 amide bonds. The average Bonchev–Trinajstić information content (AvgIpc) is 2.93. The molecule has 1 aromatic carbocycles. The van der Waals surface area contributed by atoms with Gasteiger partial charge in [0.1, 0.15) is 0 Å². The highest BCUT2D eigenvalue weighted by molar-refractivity contribution is 5.83. The molecule has 1 fully saturated rings. The van der Waals surface area contributed by atoms with Crippen LogP contribution in [-0.4, -0.2) is 50.6 Å². The Labute approximate surface area is 131 Å². The van der Waals surface area contributed by atoms with Crippen LogP contribution in [0.15, 0.2) is 24.3 Å². The zero-order valence-electron chi connectivity index (χ0n) is 13.5. The zero-order valence-corrected chi connectivity index (χ0v) is 13.5. The molecule has 0 unspecified atom stereocenters. The molecule has 0 aliphatic carbocycles. The van der Waals surface area contributed by atoms with Crippen LogP contribution in [0.2, 0.25) is 0 Å². The first-order valence-corrected chi connectivity index (χ1v) is 7.59. The molecule has 0 saturated carbocycles. The Morgan fingerprint density at radius 2 is 2.05 bits per heavy atom. The Kier molecular flexibility index (Phi) is 5.55. The number of nitrogens with one attached hydrogen (secondary N) is 1. The summed E-state index contributed by atoms with van der Waals surface area (Å²) in [4.78, 5) is 26.3. The second-order valence-corrected chi connectivity index (χ2v) is 5.84. The van der Waals surface area contributed by atoms with Gasteiger partial charge in [-0.2, -0.15) is 0 Å². The number of rotatable bonds is 5. The lowest BCUT2D eigenvalue weighted by Crippen LogP contribution is -2.35. The van der Waals surface area contributed by atoms with Crippen LogP contribution in [0.25, 0.3) is 0 Å². The summed E-state index contributed by atoms with van der Waals surface area (Å²) in [6, 6.07) is 7.90. The number of ether oxygens (including phenoxy) is 1. The summed E-state index contributed by atoms with van der Waals surface area (Å²) in [5, 5.41) is 2.68. The maximum atomic E-state index is 12.5. The van der Waals surface area contributed by atoms with Crippen molar-refractivity contribution >= 4 is 11.8 Å². The van der Waals surface area contributed by atoms with E-state index in [2.05, 4.69) is 5.32 Å². The van der Waals surface area contributed by atoms with Gasteiger partial charge in [0, 0.05) is 33.2 Å². The van der Waals surface area contributed by atoms with Gasteiger partial charge in [-0.3, -0.25) is 9.59 Å². The van der Waals surface area contributed by atoms with E-state index in [1.165, 1.54) is 0 Å². The molecule has 1 N–H and O–H groups in total. The monoisotopic (exact) mass is 304 g/mol. The molecular formula is C17H24N2O3. The number of likely N-dealkylation sites (tertiary alicyclic amines) is 1. The van der Waals surface area contributed by atoms with Crippen LogP contribution < -0.4 is 5.32 Å². The molecule has 0 bridgehead atoms. The maximum absolute atomic E-state index is 12.5. The van der Waals surface area contributed by atoms with Gasteiger partial charge in [0.15, 0.2) is 0 Å². The van der Waals surface area contributed by atoms with Crippen molar-refractivity contribution in [1.29, 1.82) is 0 Å². The largest absolute Gasteiger partial charge is 0.384 e. The first-order valence-electron chi connectivity index (χ1n) is 7.59. The topological polar surface area (TPSA) is 58.6 Å². The molecule has 2 rings (SSSR count). The fourth-order valence-corrected chi connectivity index (χ4v) is 3.02. The fraction of sp³-hybridized carbons (Fsp3) is 0.529.